The Morgan fingerprint density at radius 3 is 2.90 bits per heavy atom. The Balaban J connectivity index is 2.05. The molecule has 2 aliphatic heterocycles. The highest BCUT2D eigenvalue weighted by Gasteiger charge is 2.47. The zero-order valence-corrected chi connectivity index (χ0v) is 10.9. The van der Waals surface area contributed by atoms with Crippen LogP contribution >= 0.6 is 0 Å². The standard InChI is InChI=1S/C14H10BN3O3/c15-7-3-10-12(17-5-7)21-11-2-1-8(19)4-9(11)14(10)6-20-13(16)18-14/h1-5,19H,6H2,(H2,16,18). The third-order valence-electron chi connectivity index (χ3n) is 3.66. The van der Waals surface area contributed by atoms with Crippen molar-refractivity contribution in [3.05, 3.63) is 41.6 Å². The Morgan fingerprint density at radius 1 is 1.29 bits per heavy atom. The van der Waals surface area contributed by atoms with E-state index in [2.05, 4.69) is 9.98 Å². The number of hydrogen-bond acceptors (Lipinski definition) is 6. The minimum absolute atomic E-state index is 0.0829. The van der Waals surface area contributed by atoms with E-state index in [1.807, 2.05) is 0 Å². The number of nitrogens with zero attached hydrogens (tertiary/aromatic N) is 2. The Hall–Kier alpha value is -2.70. The minimum atomic E-state index is -0.895. The van der Waals surface area contributed by atoms with E-state index in [4.69, 9.17) is 23.1 Å². The van der Waals surface area contributed by atoms with E-state index in [1.165, 1.54) is 12.3 Å². The van der Waals surface area contributed by atoms with Gasteiger partial charge in [0.2, 0.25) is 5.88 Å². The number of benzene rings is 1. The average Bonchev–Trinajstić information content (AvgIpc) is 2.84. The molecule has 1 aromatic carbocycles. The molecular weight excluding hydrogens is 269 g/mol. The molecule has 1 unspecified atom stereocenters. The van der Waals surface area contributed by atoms with Crippen LogP contribution in [0, 0.1) is 0 Å². The molecule has 6 nitrogen and oxygen atoms in total. The number of ether oxygens (including phenoxy) is 2. The van der Waals surface area contributed by atoms with Crippen LogP contribution in [0.1, 0.15) is 11.1 Å². The lowest BCUT2D eigenvalue weighted by Crippen LogP contribution is -2.32. The van der Waals surface area contributed by atoms with E-state index < -0.39 is 5.54 Å². The first-order chi connectivity index (χ1) is 10.1. The highest BCUT2D eigenvalue weighted by Crippen LogP contribution is 2.50. The molecule has 2 aromatic rings. The number of pyridine rings is 1. The van der Waals surface area contributed by atoms with Crippen molar-refractivity contribution in [2.24, 2.45) is 10.7 Å². The summed E-state index contributed by atoms with van der Waals surface area (Å²) in [6, 6.07) is 6.61. The fourth-order valence-corrected chi connectivity index (χ4v) is 2.73. The lowest BCUT2D eigenvalue weighted by molar-refractivity contribution is 0.262. The maximum absolute atomic E-state index is 9.78. The van der Waals surface area contributed by atoms with E-state index in [9.17, 15) is 5.11 Å². The van der Waals surface area contributed by atoms with E-state index in [1.54, 1.807) is 18.2 Å². The van der Waals surface area contributed by atoms with Crippen molar-refractivity contribution in [1.29, 1.82) is 0 Å². The van der Waals surface area contributed by atoms with Crippen LogP contribution in [-0.4, -0.2) is 30.6 Å². The lowest BCUT2D eigenvalue weighted by Gasteiger charge is -2.32. The van der Waals surface area contributed by atoms with Gasteiger partial charge in [0.05, 0.1) is 0 Å². The maximum atomic E-state index is 9.78. The predicted molar refractivity (Wildman–Crippen MR) is 76.2 cm³/mol. The number of aromatic hydroxyl groups is 1. The summed E-state index contributed by atoms with van der Waals surface area (Å²) >= 11 is 0. The van der Waals surface area contributed by atoms with Crippen molar-refractivity contribution in [3.63, 3.8) is 0 Å². The van der Waals surface area contributed by atoms with Crippen LogP contribution in [0.15, 0.2) is 35.5 Å². The number of rotatable bonds is 0. The molecule has 21 heavy (non-hydrogen) atoms. The van der Waals surface area contributed by atoms with Crippen molar-refractivity contribution < 1.29 is 14.6 Å². The molecule has 0 bridgehead atoms. The molecule has 2 aliphatic rings. The minimum Gasteiger partial charge on any atom is -0.508 e. The summed E-state index contributed by atoms with van der Waals surface area (Å²) in [5, 5.41) is 9.78. The van der Waals surface area contributed by atoms with Gasteiger partial charge in [-0.3, -0.25) is 0 Å². The van der Waals surface area contributed by atoms with Gasteiger partial charge >= 0.3 is 0 Å². The van der Waals surface area contributed by atoms with Crippen LogP contribution in [0.25, 0.3) is 0 Å². The van der Waals surface area contributed by atoms with Crippen molar-refractivity contribution in [2.75, 3.05) is 6.61 Å². The number of phenolic OH excluding ortho intramolecular Hbond substituents is 1. The summed E-state index contributed by atoms with van der Waals surface area (Å²) in [6.45, 7) is 0.205. The number of amidine groups is 1. The van der Waals surface area contributed by atoms with E-state index in [0.717, 1.165) is 0 Å². The summed E-state index contributed by atoms with van der Waals surface area (Å²) in [4.78, 5) is 8.64. The molecule has 102 valence electrons. The molecule has 0 fully saturated rings. The number of aromatic nitrogens is 1. The largest absolute Gasteiger partial charge is 0.508 e. The Labute approximate surface area is 121 Å². The second kappa shape index (κ2) is 3.91. The molecule has 0 amide bonds. The molecule has 7 heteroatoms. The molecule has 0 aliphatic carbocycles. The van der Waals surface area contributed by atoms with Crippen LogP contribution in [0.4, 0.5) is 0 Å². The molecule has 0 saturated heterocycles. The smallest absolute Gasteiger partial charge is 0.283 e. The SMILES string of the molecule is [B]c1cnc2c(c1)C1(COC(N)=N1)c1cc(O)ccc1O2. The van der Waals surface area contributed by atoms with Crippen molar-refractivity contribution in [2.45, 2.75) is 5.54 Å². The van der Waals surface area contributed by atoms with Gasteiger partial charge in [-0.1, -0.05) is 11.5 Å². The molecule has 3 N–H and O–H groups in total. The molecular formula is C14H10BN3O3. The molecule has 4 rings (SSSR count). The fourth-order valence-electron chi connectivity index (χ4n) is 2.73. The van der Waals surface area contributed by atoms with Gasteiger partial charge < -0.3 is 20.3 Å². The van der Waals surface area contributed by atoms with Gasteiger partial charge in [-0.05, 0) is 18.2 Å². The van der Waals surface area contributed by atoms with Gasteiger partial charge in [0.1, 0.15) is 26.0 Å². The molecule has 1 atom stereocenters. The van der Waals surface area contributed by atoms with Crippen molar-refractivity contribution in [3.8, 4) is 17.4 Å². The first kappa shape index (κ1) is 12.1. The van der Waals surface area contributed by atoms with Gasteiger partial charge in [-0.25, -0.2) is 9.98 Å². The molecule has 3 heterocycles. The van der Waals surface area contributed by atoms with Crippen LogP contribution in [0.2, 0.25) is 0 Å². The first-order valence-electron chi connectivity index (χ1n) is 6.34. The maximum Gasteiger partial charge on any atom is 0.283 e. The van der Waals surface area contributed by atoms with Crippen molar-refractivity contribution in [1.82, 2.24) is 4.98 Å². The zero-order chi connectivity index (χ0) is 14.6. The summed E-state index contributed by atoms with van der Waals surface area (Å²) in [6.07, 6.45) is 1.51. The van der Waals surface area contributed by atoms with Gasteiger partial charge in [0.25, 0.3) is 6.02 Å². The second-order valence-corrected chi connectivity index (χ2v) is 5.00. The molecule has 1 spiro atoms. The van der Waals surface area contributed by atoms with E-state index in [0.29, 0.717) is 28.2 Å². The number of fused-ring (bicyclic) bond motifs is 4. The van der Waals surface area contributed by atoms with Gasteiger partial charge in [0.15, 0.2) is 5.54 Å². The van der Waals surface area contributed by atoms with Crippen molar-refractivity contribution >= 4 is 19.3 Å². The van der Waals surface area contributed by atoms with Crippen LogP contribution in [0.3, 0.4) is 0 Å². The Kier molecular flexibility index (Phi) is 2.25. The normalized spacial score (nSPS) is 22.0. The fraction of sp³-hybridized carbons (Fsp3) is 0.143. The quantitative estimate of drug-likeness (QED) is 0.676. The second-order valence-electron chi connectivity index (χ2n) is 5.00. The summed E-state index contributed by atoms with van der Waals surface area (Å²) in [5.41, 5.74) is 6.63. The Bertz CT molecular complexity index is 740. The van der Waals surface area contributed by atoms with Gasteiger partial charge in [0, 0.05) is 17.3 Å². The Morgan fingerprint density at radius 2 is 2.14 bits per heavy atom. The van der Waals surface area contributed by atoms with Crippen LogP contribution in [0.5, 0.6) is 17.4 Å². The number of hydrogen-bond donors (Lipinski definition) is 2. The lowest BCUT2D eigenvalue weighted by atomic mass is 9.80. The number of phenols is 1. The first-order valence-corrected chi connectivity index (χ1v) is 6.34. The van der Waals surface area contributed by atoms with Gasteiger partial charge in [-0.2, -0.15) is 0 Å². The van der Waals surface area contributed by atoms with E-state index in [-0.39, 0.29) is 18.4 Å². The number of aliphatic imine (C=N–C) groups is 1. The average molecular weight is 279 g/mol. The summed E-state index contributed by atoms with van der Waals surface area (Å²) in [5.74, 6) is 1.07. The van der Waals surface area contributed by atoms with Gasteiger partial charge in [-0.15, -0.1) is 0 Å². The van der Waals surface area contributed by atoms with Crippen LogP contribution in [-0.2, 0) is 10.3 Å². The zero-order valence-electron chi connectivity index (χ0n) is 10.9. The number of nitrogens with two attached hydrogens (primary N) is 1. The van der Waals surface area contributed by atoms with Crippen LogP contribution < -0.4 is 15.9 Å². The molecule has 0 saturated carbocycles. The molecule has 2 radical (unpaired) electrons. The summed E-state index contributed by atoms with van der Waals surface area (Å²) < 4.78 is 11.1. The molecule has 1 aromatic heterocycles. The summed E-state index contributed by atoms with van der Waals surface area (Å²) in [7, 11) is 5.83. The highest BCUT2D eigenvalue weighted by molar-refractivity contribution is 6.32. The topological polar surface area (TPSA) is 90.0 Å². The highest BCUT2D eigenvalue weighted by atomic mass is 16.5. The monoisotopic (exact) mass is 279 g/mol. The predicted octanol–water partition coefficient (Wildman–Crippen LogP) is 0.275. The van der Waals surface area contributed by atoms with E-state index >= 15 is 0 Å². The third kappa shape index (κ3) is 1.60. The third-order valence-corrected chi connectivity index (χ3v) is 3.66.